The summed E-state index contributed by atoms with van der Waals surface area (Å²) in [5.74, 6) is 0.584. The molecule has 126 valence electrons. The zero-order valence-electron chi connectivity index (χ0n) is 13.6. The van der Waals surface area contributed by atoms with Crippen LogP contribution in [0.15, 0.2) is 23.2 Å². The smallest absolute Gasteiger partial charge is 0.243 e. The standard InChI is InChI=1S/C16H22Cl2N4O/c1-10(13-7-4-11(17)8-14(13)18)20-16(21-12-5-6-12)19-9-15(23)22(2)3/h4,7-8,10,12H,5-6,9H2,1-3H3,(H2,19,20,21). The molecule has 5 nitrogen and oxygen atoms in total. The fraction of sp³-hybridized carbons (Fsp3) is 0.500. The highest BCUT2D eigenvalue weighted by molar-refractivity contribution is 6.35. The Labute approximate surface area is 147 Å². The summed E-state index contributed by atoms with van der Waals surface area (Å²) in [6.45, 7) is 2.10. The van der Waals surface area contributed by atoms with Gasteiger partial charge in [0, 0.05) is 30.2 Å². The van der Waals surface area contributed by atoms with Crippen LogP contribution in [-0.4, -0.2) is 43.4 Å². The van der Waals surface area contributed by atoms with E-state index in [4.69, 9.17) is 23.2 Å². The average molecular weight is 357 g/mol. The number of aliphatic imine (C=N–C) groups is 1. The Morgan fingerprint density at radius 3 is 2.65 bits per heavy atom. The van der Waals surface area contributed by atoms with Gasteiger partial charge in [0.15, 0.2) is 5.96 Å². The number of amides is 1. The van der Waals surface area contributed by atoms with E-state index >= 15 is 0 Å². The van der Waals surface area contributed by atoms with Crippen LogP contribution in [0.3, 0.4) is 0 Å². The molecule has 1 aliphatic carbocycles. The zero-order chi connectivity index (χ0) is 17.0. The lowest BCUT2D eigenvalue weighted by atomic mass is 10.1. The maximum absolute atomic E-state index is 11.7. The van der Waals surface area contributed by atoms with Crippen molar-refractivity contribution in [3.63, 3.8) is 0 Å². The van der Waals surface area contributed by atoms with Gasteiger partial charge in [-0.3, -0.25) is 4.79 Å². The van der Waals surface area contributed by atoms with E-state index in [1.165, 1.54) is 4.90 Å². The molecular formula is C16H22Cl2N4O. The Hall–Kier alpha value is -1.46. The minimum absolute atomic E-state index is 0.0425. The van der Waals surface area contributed by atoms with Crippen LogP contribution in [0.5, 0.6) is 0 Å². The van der Waals surface area contributed by atoms with Crippen molar-refractivity contribution in [1.29, 1.82) is 0 Å². The van der Waals surface area contributed by atoms with E-state index in [1.807, 2.05) is 19.1 Å². The maximum Gasteiger partial charge on any atom is 0.243 e. The predicted molar refractivity (Wildman–Crippen MR) is 95.2 cm³/mol. The molecule has 0 spiro atoms. The molecule has 1 fully saturated rings. The van der Waals surface area contributed by atoms with Crippen molar-refractivity contribution in [3.8, 4) is 0 Å². The molecule has 7 heteroatoms. The SMILES string of the molecule is CC(NC(=NCC(=O)N(C)C)NC1CC1)c1ccc(Cl)cc1Cl. The van der Waals surface area contributed by atoms with Gasteiger partial charge in [-0.1, -0.05) is 29.3 Å². The number of nitrogens with one attached hydrogen (secondary N) is 2. The molecular weight excluding hydrogens is 335 g/mol. The highest BCUT2D eigenvalue weighted by atomic mass is 35.5. The van der Waals surface area contributed by atoms with Crippen LogP contribution in [0.2, 0.25) is 10.0 Å². The van der Waals surface area contributed by atoms with Crippen LogP contribution in [0.1, 0.15) is 31.4 Å². The Kier molecular flexibility index (Phi) is 6.13. The van der Waals surface area contributed by atoms with Crippen molar-refractivity contribution in [2.45, 2.75) is 31.8 Å². The Bertz CT molecular complexity index is 600. The second-order valence-electron chi connectivity index (χ2n) is 5.90. The second-order valence-corrected chi connectivity index (χ2v) is 6.75. The van der Waals surface area contributed by atoms with E-state index in [0.717, 1.165) is 18.4 Å². The van der Waals surface area contributed by atoms with E-state index in [9.17, 15) is 4.79 Å². The van der Waals surface area contributed by atoms with Crippen LogP contribution >= 0.6 is 23.2 Å². The van der Waals surface area contributed by atoms with Gasteiger partial charge in [-0.05, 0) is 37.5 Å². The molecule has 1 atom stereocenters. The summed E-state index contributed by atoms with van der Waals surface area (Å²) < 4.78 is 0. The summed E-state index contributed by atoms with van der Waals surface area (Å²) in [6.07, 6.45) is 2.25. The van der Waals surface area contributed by atoms with Crippen LogP contribution in [-0.2, 0) is 4.79 Å². The molecule has 2 rings (SSSR count). The van der Waals surface area contributed by atoms with Crippen LogP contribution in [0, 0.1) is 0 Å². The summed E-state index contributed by atoms with van der Waals surface area (Å²) in [6, 6.07) is 5.80. The number of rotatable bonds is 5. The fourth-order valence-corrected chi connectivity index (χ4v) is 2.55. The third-order valence-corrected chi connectivity index (χ3v) is 4.13. The molecule has 1 saturated carbocycles. The van der Waals surface area contributed by atoms with Crippen molar-refractivity contribution in [2.24, 2.45) is 4.99 Å². The summed E-state index contributed by atoms with van der Waals surface area (Å²) in [5, 5.41) is 7.82. The topological polar surface area (TPSA) is 56.7 Å². The number of carbonyl (C=O) groups excluding carboxylic acids is 1. The Balaban J connectivity index is 2.06. The predicted octanol–water partition coefficient (Wildman–Crippen LogP) is 2.84. The number of guanidine groups is 1. The van der Waals surface area contributed by atoms with Crippen molar-refractivity contribution < 1.29 is 4.79 Å². The summed E-state index contributed by atoms with van der Waals surface area (Å²) >= 11 is 12.2. The molecule has 1 aromatic carbocycles. The van der Waals surface area contributed by atoms with Gasteiger partial charge in [0.1, 0.15) is 6.54 Å². The zero-order valence-corrected chi connectivity index (χ0v) is 15.1. The van der Waals surface area contributed by atoms with Crippen molar-refractivity contribution in [2.75, 3.05) is 20.6 Å². The van der Waals surface area contributed by atoms with E-state index < -0.39 is 0 Å². The van der Waals surface area contributed by atoms with Gasteiger partial charge < -0.3 is 15.5 Å². The fourth-order valence-electron chi connectivity index (χ4n) is 1.98. The number of hydrogen-bond donors (Lipinski definition) is 2. The largest absolute Gasteiger partial charge is 0.354 e. The third-order valence-electron chi connectivity index (χ3n) is 3.57. The summed E-state index contributed by atoms with van der Waals surface area (Å²) in [4.78, 5) is 17.6. The summed E-state index contributed by atoms with van der Waals surface area (Å²) in [5.41, 5.74) is 0.931. The molecule has 0 radical (unpaired) electrons. The normalized spacial score (nSPS) is 16.0. The highest BCUT2D eigenvalue weighted by Gasteiger charge is 2.23. The van der Waals surface area contributed by atoms with Gasteiger partial charge in [-0.15, -0.1) is 0 Å². The second kappa shape index (κ2) is 7.88. The minimum atomic E-state index is -0.0563. The number of halogens is 2. The van der Waals surface area contributed by atoms with E-state index in [2.05, 4.69) is 15.6 Å². The van der Waals surface area contributed by atoms with Crippen LogP contribution < -0.4 is 10.6 Å². The maximum atomic E-state index is 11.7. The Morgan fingerprint density at radius 2 is 2.09 bits per heavy atom. The van der Waals surface area contributed by atoms with E-state index in [-0.39, 0.29) is 18.5 Å². The first kappa shape index (κ1) is 17.9. The molecule has 0 heterocycles. The average Bonchev–Trinajstić information content (AvgIpc) is 3.27. The lowest BCUT2D eigenvalue weighted by molar-refractivity contribution is -0.127. The van der Waals surface area contributed by atoms with E-state index in [1.54, 1.807) is 20.2 Å². The first-order chi connectivity index (χ1) is 10.9. The molecule has 0 aromatic heterocycles. The number of benzene rings is 1. The van der Waals surface area contributed by atoms with Crippen LogP contribution in [0.25, 0.3) is 0 Å². The van der Waals surface area contributed by atoms with Crippen molar-refractivity contribution >= 4 is 35.1 Å². The molecule has 0 aliphatic heterocycles. The quantitative estimate of drug-likeness (QED) is 0.629. The molecule has 1 unspecified atom stereocenters. The molecule has 1 aromatic rings. The van der Waals surface area contributed by atoms with Gasteiger partial charge in [0.05, 0.1) is 6.04 Å². The van der Waals surface area contributed by atoms with Gasteiger partial charge in [0.25, 0.3) is 0 Å². The molecule has 1 aliphatic rings. The minimum Gasteiger partial charge on any atom is -0.354 e. The number of hydrogen-bond acceptors (Lipinski definition) is 2. The van der Waals surface area contributed by atoms with Gasteiger partial charge in [0.2, 0.25) is 5.91 Å². The van der Waals surface area contributed by atoms with Gasteiger partial charge in [-0.25, -0.2) is 4.99 Å². The molecule has 0 bridgehead atoms. The monoisotopic (exact) mass is 356 g/mol. The summed E-state index contributed by atoms with van der Waals surface area (Å²) in [7, 11) is 3.44. The van der Waals surface area contributed by atoms with Crippen LogP contribution in [0.4, 0.5) is 0 Å². The molecule has 23 heavy (non-hydrogen) atoms. The van der Waals surface area contributed by atoms with Crippen molar-refractivity contribution in [3.05, 3.63) is 33.8 Å². The first-order valence-electron chi connectivity index (χ1n) is 7.59. The van der Waals surface area contributed by atoms with Gasteiger partial charge in [-0.2, -0.15) is 0 Å². The Morgan fingerprint density at radius 1 is 1.39 bits per heavy atom. The first-order valence-corrected chi connectivity index (χ1v) is 8.35. The lowest BCUT2D eigenvalue weighted by Crippen LogP contribution is -2.41. The highest BCUT2D eigenvalue weighted by Crippen LogP contribution is 2.26. The van der Waals surface area contributed by atoms with Crippen molar-refractivity contribution in [1.82, 2.24) is 15.5 Å². The number of nitrogens with zero attached hydrogens (tertiary/aromatic N) is 2. The van der Waals surface area contributed by atoms with Gasteiger partial charge >= 0.3 is 0 Å². The number of likely N-dealkylation sites (N-methyl/N-ethyl adjacent to an activating group) is 1. The number of carbonyl (C=O) groups is 1. The molecule has 2 N–H and O–H groups in total. The molecule has 0 saturated heterocycles. The van der Waals surface area contributed by atoms with E-state index in [0.29, 0.717) is 22.0 Å². The third kappa shape index (κ3) is 5.59. The molecule has 1 amide bonds. The lowest BCUT2D eigenvalue weighted by Gasteiger charge is -2.20.